The van der Waals surface area contributed by atoms with Crippen LogP contribution in [0.5, 0.6) is 0 Å². The SMILES string of the molecule is CC1CCCN(CC(=O)N2CCCNCC2)C1. The second-order valence-corrected chi connectivity index (χ2v) is 5.47. The maximum absolute atomic E-state index is 12.2. The Morgan fingerprint density at radius 2 is 2.12 bits per heavy atom. The molecule has 2 heterocycles. The highest BCUT2D eigenvalue weighted by Crippen LogP contribution is 2.15. The number of carbonyl (C=O) groups is 1. The average molecular weight is 239 g/mol. The third-order valence-electron chi connectivity index (χ3n) is 3.79. The Morgan fingerprint density at radius 1 is 1.24 bits per heavy atom. The lowest BCUT2D eigenvalue weighted by Gasteiger charge is -2.32. The fraction of sp³-hybridized carbons (Fsp3) is 0.923. The summed E-state index contributed by atoms with van der Waals surface area (Å²) in [5, 5.41) is 3.34. The number of hydrogen-bond acceptors (Lipinski definition) is 3. The van der Waals surface area contributed by atoms with Crippen molar-refractivity contribution in [1.29, 1.82) is 0 Å². The molecule has 1 amide bonds. The largest absolute Gasteiger partial charge is 0.340 e. The summed E-state index contributed by atoms with van der Waals surface area (Å²) in [6, 6.07) is 0. The van der Waals surface area contributed by atoms with E-state index in [1.165, 1.54) is 12.8 Å². The van der Waals surface area contributed by atoms with Crippen molar-refractivity contribution in [3.8, 4) is 0 Å². The van der Waals surface area contributed by atoms with E-state index in [1.54, 1.807) is 0 Å². The normalized spacial score (nSPS) is 27.8. The Labute approximate surface area is 104 Å². The van der Waals surface area contributed by atoms with Gasteiger partial charge in [0, 0.05) is 26.2 Å². The van der Waals surface area contributed by atoms with E-state index in [4.69, 9.17) is 0 Å². The molecule has 1 N–H and O–H groups in total. The van der Waals surface area contributed by atoms with Crippen molar-refractivity contribution >= 4 is 5.91 Å². The van der Waals surface area contributed by atoms with Crippen LogP contribution in [0.15, 0.2) is 0 Å². The number of rotatable bonds is 2. The minimum absolute atomic E-state index is 0.322. The van der Waals surface area contributed by atoms with Crippen molar-refractivity contribution in [3.05, 3.63) is 0 Å². The molecule has 0 aliphatic carbocycles. The van der Waals surface area contributed by atoms with Crippen LogP contribution in [0.4, 0.5) is 0 Å². The Morgan fingerprint density at radius 3 is 2.94 bits per heavy atom. The standard InChI is InChI=1S/C13H25N3O/c1-12-4-2-7-15(10-12)11-13(17)16-8-3-5-14-6-9-16/h12,14H,2-11H2,1H3. The van der Waals surface area contributed by atoms with Gasteiger partial charge in [-0.1, -0.05) is 6.92 Å². The van der Waals surface area contributed by atoms with Crippen molar-refractivity contribution in [2.45, 2.75) is 26.2 Å². The lowest BCUT2D eigenvalue weighted by molar-refractivity contribution is -0.132. The van der Waals surface area contributed by atoms with E-state index in [9.17, 15) is 4.79 Å². The Kier molecular flexibility index (Phi) is 4.80. The summed E-state index contributed by atoms with van der Waals surface area (Å²) in [5.41, 5.74) is 0. The van der Waals surface area contributed by atoms with Gasteiger partial charge in [0.25, 0.3) is 0 Å². The summed E-state index contributed by atoms with van der Waals surface area (Å²) in [5.74, 6) is 1.07. The first kappa shape index (κ1) is 12.8. The number of carbonyl (C=O) groups excluding carboxylic acids is 1. The summed E-state index contributed by atoms with van der Waals surface area (Å²) < 4.78 is 0. The molecule has 2 saturated heterocycles. The highest BCUT2D eigenvalue weighted by Gasteiger charge is 2.21. The van der Waals surface area contributed by atoms with Crippen LogP contribution >= 0.6 is 0 Å². The fourth-order valence-electron chi connectivity index (χ4n) is 2.82. The summed E-state index contributed by atoms with van der Waals surface area (Å²) in [7, 11) is 0. The second kappa shape index (κ2) is 6.36. The molecule has 2 aliphatic rings. The van der Waals surface area contributed by atoms with E-state index in [2.05, 4.69) is 17.1 Å². The van der Waals surface area contributed by atoms with Crippen molar-refractivity contribution in [1.82, 2.24) is 15.1 Å². The molecule has 1 unspecified atom stereocenters. The van der Waals surface area contributed by atoms with E-state index in [0.29, 0.717) is 12.5 Å². The number of nitrogens with zero attached hydrogens (tertiary/aromatic N) is 2. The van der Waals surface area contributed by atoms with Gasteiger partial charge in [0.15, 0.2) is 0 Å². The van der Waals surface area contributed by atoms with Gasteiger partial charge >= 0.3 is 0 Å². The first-order valence-corrected chi connectivity index (χ1v) is 6.96. The van der Waals surface area contributed by atoms with E-state index < -0.39 is 0 Å². The van der Waals surface area contributed by atoms with Gasteiger partial charge in [-0.05, 0) is 38.3 Å². The molecular weight excluding hydrogens is 214 g/mol. The summed E-state index contributed by atoms with van der Waals surface area (Å²) >= 11 is 0. The molecule has 0 radical (unpaired) electrons. The Hall–Kier alpha value is -0.610. The van der Waals surface area contributed by atoms with Crippen LogP contribution in [0.3, 0.4) is 0 Å². The smallest absolute Gasteiger partial charge is 0.236 e. The predicted octanol–water partition coefficient (Wildman–Crippen LogP) is 0.540. The highest BCUT2D eigenvalue weighted by atomic mass is 16.2. The van der Waals surface area contributed by atoms with E-state index in [-0.39, 0.29) is 0 Å². The minimum atomic E-state index is 0.322. The van der Waals surface area contributed by atoms with Crippen molar-refractivity contribution in [2.24, 2.45) is 5.92 Å². The third-order valence-corrected chi connectivity index (χ3v) is 3.79. The molecule has 0 saturated carbocycles. The topological polar surface area (TPSA) is 35.6 Å². The zero-order chi connectivity index (χ0) is 12.1. The number of likely N-dealkylation sites (tertiary alicyclic amines) is 1. The quantitative estimate of drug-likeness (QED) is 0.764. The molecule has 98 valence electrons. The molecular formula is C13H25N3O. The van der Waals surface area contributed by atoms with E-state index in [1.807, 2.05) is 4.90 Å². The van der Waals surface area contributed by atoms with Crippen LogP contribution < -0.4 is 5.32 Å². The zero-order valence-electron chi connectivity index (χ0n) is 11.0. The van der Waals surface area contributed by atoms with Gasteiger partial charge in [0.05, 0.1) is 6.54 Å². The van der Waals surface area contributed by atoms with Gasteiger partial charge in [-0.2, -0.15) is 0 Å². The molecule has 4 heteroatoms. The maximum Gasteiger partial charge on any atom is 0.236 e. The first-order valence-electron chi connectivity index (χ1n) is 6.96. The molecule has 17 heavy (non-hydrogen) atoms. The molecule has 4 nitrogen and oxygen atoms in total. The van der Waals surface area contributed by atoms with Crippen LogP contribution in [-0.2, 0) is 4.79 Å². The third kappa shape index (κ3) is 3.96. The lowest BCUT2D eigenvalue weighted by Crippen LogP contribution is -2.44. The Bertz CT molecular complexity index is 249. The van der Waals surface area contributed by atoms with Gasteiger partial charge in [0.2, 0.25) is 5.91 Å². The van der Waals surface area contributed by atoms with E-state index >= 15 is 0 Å². The Balaban J connectivity index is 1.78. The highest BCUT2D eigenvalue weighted by molar-refractivity contribution is 5.78. The maximum atomic E-state index is 12.2. The molecule has 0 spiro atoms. The lowest BCUT2D eigenvalue weighted by atomic mass is 10.0. The summed E-state index contributed by atoms with van der Waals surface area (Å²) in [4.78, 5) is 16.5. The van der Waals surface area contributed by atoms with Gasteiger partial charge in [-0.15, -0.1) is 0 Å². The van der Waals surface area contributed by atoms with Crippen LogP contribution in [0.2, 0.25) is 0 Å². The molecule has 0 aromatic rings. The van der Waals surface area contributed by atoms with Crippen LogP contribution in [0.1, 0.15) is 26.2 Å². The molecule has 2 fully saturated rings. The number of piperidine rings is 1. The second-order valence-electron chi connectivity index (χ2n) is 5.47. The molecule has 1 atom stereocenters. The van der Waals surface area contributed by atoms with Crippen LogP contribution in [0.25, 0.3) is 0 Å². The van der Waals surface area contributed by atoms with Gasteiger partial charge < -0.3 is 10.2 Å². The molecule has 2 rings (SSSR count). The molecule has 0 aromatic carbocycles. The van der Waals surface area contributed by atoms with Crippen LogP contribution in [0, 0.1) is 5.92 Å². The van der Waals surface area contributed by atoms with Gasteiger partial charge in [-0.25, -0.2) is 0 Å². The fourth-order valence-corrected chi connectivity index (χ4v) is 2.82. The number of nitrogens with one attached hydrogen (secondary N) is 1. The molecule has 0 bridgehead atoms. The zero-order valence-corrected chi connectivity index (χ0v) is 11.0. The van der Waals surface area contributed by atoms with Gasteiger partial charge in [0.1, 0.15) is 0 Å². The monoisotopic (exact) mass is 239 g/mol. The van der Waals surface area contributed by atoms with Crippen molar-refractivity contribution in [2.75, 3.05) is 45.8 Å². The predicted molar refractivity (Wildman–Crippen MR) is 68.9 cm³/mol. The van der Waals surface area contributed by atoms with Crippen molar-refractivity contribution in [3.63, 3.8) is 0 Å². The minimum Gasteiger partial charge on any atom is -0.340 e. The van der Waals surface area contributed by atoms with Crippen LogP contribution in [-0.4, -0.2) is 61.5 Å². The first-order chi connectivity index (χ1) is 8.25. The van der Waals surface area contributed by atoms with E-state index in [0.717, 1.165) is 51.6 Å². The molecule has 2 aliphatic heterocycles. The summed E-state index contributed by atoms with van der Waals surface area (Å²) in [6.45, 7) is 8.90. The van der Waals surface area contributed by atoms with Gasteiger partial charge in [-0.3, -0.25) is 9.69 Å². The average Bonchev–Trinajstić information content (AvgIpc) is 2.57. The molecule has 0 aromatic heterocycles. The summed E-state index contributed by atoms with van der Waals surface area (Å²) in [6.07, 6.45) is 3.65. The number of amides is 1. The number of hydrogen-bond donors (Lipinski definition) is 1. The van der Waals surface area contributed by atoms with Crippen molar-refractivity contribution < 1.29 is 4.79 Å².